The molecule has 0 fully saturated rings. The van der Waals surface area contributed by atoms with E-state index in [0.29, 0.717) is 11.1 Å². The van der Waals surface area contributed by atoms with Crippen LogP contribution in [0.5, 0.6) is 5.75 Å². The van der Waals surface area contributed by atoms with Gasteiger partial charge in [0.25, 0.3) is 11.6 Å². The summed E-state index contributed by atoms with van der Waals surface area (Å²) < 4.78 is 34.0. The van der Waals surface area contributed by atoms with Crippen LogP contribution in [-0.2, 0) is 0 Å². The van der Waals surface area contributed by atoms with Gasteiger partial charge in [0.15, 0.2) is 0 Å². The van der Waals surface area contributed by atoms with Crippen molar-refractivity contribution >= 4 is 28.4 Å². The second-order valence-corrected chi connectivity index (χ2v) is 5.56. The van der Waals surface area contributed by atoms with Crippen LogP contribution < -0.4 is 4.74 Å². The van der Waals surface area contributed by atoms with Gasteiger partial charge in [0.1, 0.15) is 10.8 Å². The van der Waals surface area contributed by atoms with E-state index in [2.05, 4.69) is 14.9 Å². The van der Waals surface area contributed by atoms with Crippen LogP contribution in [0, 0.1) is 10.1 Å². The summed E-state index contributed by atoms with van der Waals surface area (Å²) in [7, 11) is 0. The van der Waals surface area contributed by atoms with Gasteiger partial charge in [-0.2, -0.15) is 8.78 Å². The van der Waals surface area contributed by atoms with Crippen molar-refractivity contribution in [1.29, 1.82) is 0 Å². The molecule has 10 heteroatoms. The SMILES string of the molecule is O=[N+]([O-])c1ccc(-c2nnc(/C(Cl)=C/c3ccc(OC(F)F)cc3)o2)cc1. The van der Waals surface area contributed by atoms with E-state index < -0.39 is 11.5 Å². The maximum Gasteiger partial charge on any atom is 0.387 e. The quantitative estimate of drug-likeness (QED) is 0.433. The van der Waals surface area contributed by atoms with Gasteiger partial charge in [0.05, 0.1) is 4.92 Å². The summed E-state index contributed by atoms with van der Waals surface area (Å²) in [4.78, 5) is 10.2. The summed E-state index contributed by atoms with van der Waals surface area (Å²) in [6.07, 6.45) is 1.51. The number of rotatable bonds is 6. The molecule has 0 bridgehead atoms. The molecular formula is C17H10ClF2N3O4. The summed E-state index contributed by atoms with van der Waals surface area (Å²) in [6.45, 7) is -2.90. The first kappa shape index (κ1) is 18.5. The van der Waals surface area contributed by atoms with Crippen molar-refractivity contribution < 1.29 is 22.9 Å². The van der Waals surface area contributed by atoms with E-state index in [4.69, 9.17) is 16.0 Å². The van der Waals surface area contributed by atoms with E-state index in [1.807, 2.05) is 0 Å². The minimum absolute atomic E-state index is 0.0246. The molecule has 0 aliphatic carbocycles. The number of benzene rings is 2. The minimum atomic E-state index is -2.90. The van der Waals surface area contributed by atoms with Crippen LogP contribution in [0.15, 0.2) is 52.9 Å². The Bertz CT molecular complexity index is 973. The summed E-state index contributed by atoms with van der Waals surface area (Å²) in [5.74, 6) is 0.210. The van der Waals surface area contributed by atoms with Crippen LogP contribution in [0.2, 0.25) is 0 Å². The molecule has 138 valence electrons. The molecule has 3 rings (SSSR count). The average molecular weight is 394 g/mol. The number of nitro benzene ring substituents is 1. The highest BCUT2D eigenvalue weighted by Gasteiger charge is 2.13. The lowest BCUT2D eigenvalue weighted by atomic mass is 10.2. The molecule has 0 N–H and O–H groups in total. The molecule has 0 aliphatic rings. The van der Waals surface area contributed by atoms with Gasteiger partial charge in [0.2, 0.25) is 5.89 Å². The van der Waals surface area contributed by atoms with E-state index in [1.165, 1.54) is 54.6 Å². The second-order valence-electron chi connectivity index (χ2n) is 5.16. The molecule has 0 aliphatic heterocycles. The second kappa shape index (κ2) is 7.92. The lowest BCUT2D eigenvalue weighted by Crippen LogP contribution is -2.01. The van der Waals surface area contributed by atoms with Crippen LogP contribution in [-0.4, -0.2) is 21.7 Å². The third kappa shape index (κ3) is 4.64. The lowest BCUT2D eigenvalue weighted by molar-refractivity contribution is -0.384. The fraction of sp³-hybridized carbons (Fsp3) is 0.0588. The molecule has 0 atom stereocenters. The van der Waals surface area contributed by atoms with Crippen LogP contribution >= 0.6 is 11.6 Å². The van der Waals surface area contributed by atoms with Crippen molar-refractivity contribution in [3.63, 3.8) is 0 Å². The number of nitro groups is 1. The molecule has 0 saturated carbocycles. The maximum atomic E-state index is 12.1. The van der Waals surface area contributed by atoms with Gasteiger partial charge < -0.3 is 9.15 Å². The van der Waals surface area contributed by atoms with Crippen molar-refractivity contribution in [2.75, 3.05) is 0 Å². The first-order valence-corrected chi connectivity index (χ1v) is 7.81. The number of aromatic nitrogens is 2. The Morgan fingerprint density at radius 3 is 2.41 bits per heavy atom. The van der Waals surface area contributed by atoms with Gasteiger partial charge in [0, 0.05) is 17.7 Å². The zero-order valence-corrected chi connectivity index (χ0v) is 14.1. The van der Waals surface area contributed by atoms with E-state index in [1.54, 1.807) is 0 Å². The first-order valence-electron chi connectivity index (χ1n) is 7.43. The third-order valence-corrected chi connectivity index (χ3v) is 3.62. The Hall–Kier alpha value is -3.33. The molecule has 2 aromatic carbocycles. The molecule has 1 heterocycles. The topological polar surface area (TPSA) is 91.3 Å². The third-order valence-electron chi connectivity index (χ3n) is 3.35. The normalized spacial score (nSPS) is 11.6. The van der Waals surface area contributed by atoms with Crippen molar-refractivity contribution in [2.24, 2.45) is 0 Å². The molecule has 7 nitrogen and oxygen atoms in total. The van der Waals surface area contributed by atoms with Crippen molar-refractivity contribution in [1.82, 2.24) is 10.2 Å². The Morgan fingerprint density at radius 1 is 1.15 bits per heavy atom. The Balaban J connectivity index is 1.76. The van der Waals surface area contributed by atoms with Crippen LogP contribution in [0.4, 0.5) is 14.5 Å². The molecule has 0 radical (unpaired) electrons. The molecule has 0 unspecified atom stereocenters. The van der Waals surface area contributed by atoms with Crippen molar-refractivity contribution in [3.05, 3.63) is 70.1 Å². The predicted molar refractivity (Wildman–Crippen MR) is 93.2 cm³/mol. The average Bonchev–Trinajstić information content (AvgIpc) is 3.13. The monoisotopic (exact) mass is 393 g/mol. The maximum absolute atomic E-state index is 12.1. The van der Waals surface area contributed by atoms with Gasteiger partial charge in [-0.1, -0.05) is 23.7 Å². The molecule has 0 saturated heterocycles. The van der Waals surface area contributed by atoms with E-state index >= 15 is 0 Å². The minimum Gasteiger partial charge on any atom is -0.435 e. The number of ether oxygens (including phenoxy) is 1. The van der Waals surface area contributed by atoms with Gasteiger partial charge in [-0.25, -0.2) is 0 Å². The largest absolute Gasteiger partial charge is 0.435 e. The lowest BCUT2D eigenvalue weighted by Gasteiger charge is -2.03. The van der Waals surface area contributed by atoms with E-state index in [9.17, 15) is 18.9 Å². The molecular weight excluding hydrogens is 384 g/mol. The summed E-state index contributed by atoms with van der Waals surface area (Å²) in [5.41, 5.74) is 1.05. The smallest absolute Gasteiger partial charge is 0.387 e. The number of nitrogens with zero attached hydrogens (tertiary/aromatic N) is 3. The number of hydrogen-bond acceptors (Lipinski definition) is 6. The predicted octanol–water partition coefficient (Wildman–Crippen LogP) is 4.98. The molecule has 0 spiro atoms. The Labute approximate surface area is 156 Å². The highest BCUT2D eigenvalue weighted by molar-refractivity contribution is 6.50. The standard InChI is InChI=1S/C17H10ClF2N3O4/c18-14(9-10-1-7-13(8-2-10)26-17(19)20)16-22-21-15(27-16)11-3-5-12(6-4-11)23(24)25/h1-9,17H/b14-9-. The molecule has 0 amide bonds. The summed E-state index contributed by atoms with van der Waals surface area (Å²) in [5, 5.41) is 18.5. The van der Waals surface area contributed by atoms with Crippen molar-refractivity contribution in [3.8, 4) is 17.2 Å². The van der Waals surface area contributed by atoms with Gasteiger partial charge in [-0.15, -0.1) is 10.2 Å². The van der Waals surface area contributed by atoms with Gasteiger partial charge in [-0.05, 0) is 35.9 Å². The Kier molecular flexibility index (Phi) is 5.41. The highest BCUT2D eigenvalue weighted by Crippen LogP contribution is 2.27. The zero-order chi connectivity index (χ0) is 19.4. The van der Waals surface area contributed by atoms with Crippen molar-refractivity contribution in [2.45, 2.75) is 6.61 Å². The summed E-state index contributed by atoms with van der Waals surface area (Å²) >= 11 is 6.16. The number of halogens is 3. The van der Waals surface area contributed by atoms with Crippen LogP contribution in [0.1, 0.15) is 11.5 Å². The zero-order valence-electron chi connectivity index (χ0n) is 13.4. The fourth-order valence-corrected chi connectivity index (χ4v) is 2.32. The molecule has 3 aromatic rings. The number of alkyl halides is 2. The first-order chi connectivity index (χ1) is 12.9. The Morgan fingerprint density at radius 2 is 1.81 bits per heavy atom. The summed E-state index contributed by atoms with van der Waals surface area (Å²) in [6, 6.07) is 11.4. The van der Waals surface area contributed by atoms with Crippen LogP contribution in [0.3, 0.4) is 0 Å². The number of hydrogen-bond donors (Lipinski definition) is 0. The van der Waals surface area contributed by atoms with E-state index in [0.717, 1.165) is 0 Å². The number of non-ortho nitro benzene ring substituents is 1. The highest BCUT2D eigenvalue weighted by atomic mass is 35.5. The molecule has 27 heavy (non-hydrogen) atoms. The van der Waals surface area contributed by atoms with E-state index in [-0.39, 0.29) is 28.3 Å². The molecule has 1 aromatic heterocycles. The fourth-order valence-electron chi connectivity index (χ4n) is 2.12. The van der Waals surface area contributed by atoms with Gasteiger partial charge >= 0.3 is 6.61 Å². The van der Waals surface area contributed by atoms with Gasteiger partial charge in [-0.3, -0.25) is 10.1 Å². The van der Waals surface area contributed by atoms with Crippen LogP contribution in [0.25, 0.3) is 22.6 Å².